The Balaban J connectivity index is 2.46. The monoisotopic (exact) mass is 321 g/mol. The summed E-state index contributed by atoms with van der Waals surface area (Å²) < 4.78 is 0.735. The summed E-state index contributed by atoms with van der Waals surface area (Å²) in [6.45, 7) is 4.15. The maximum absolute atomic E-state index is 5.42. The maximum atomic E-state index is 5.42. The Labute approximate surface area is 121 Å². The number of nitrogens with one attached hydrogen (secondary N) is 1. The van der Waals surface area contributed by atoms with E-state index in [-0.39, 0.29) is 0 Å². The molecule has 0 bridgehead atoms. The third-order valence-corrected chi connectivity index (χ3v) is 3.55. The van der Waals surface area contributed by atoms with E-state index in [1.807, 2.05) is 11.9 Å². The fourth-order valence-electron chi connectivity index (χ4n) is 1.96. The number of aromatic nitrogens is 2. The fourth-order valence-corrected chi connectivity index (χ4v) is 2.55. The van der Waals surface area contributed by atoms with Gasteiger partial charge in [0.2, 0.25) is 0 Å². The summed E-state index contributed by atoms with van der Waals surface area (Å²) in [7, 11) is 1.96. The summed E-state index contributed by atoms with van der Waals surface area (Å²) in [6, 6.07) is 6.35. The molecule has 0 saturated carbocycles. The number of nitrogens with zero attached hydrogens (tertiary/aromatic N) is 3. The number of halogens is 1. The first-order chi connectivity index (χ1) is 9.02. The lowest BCUT2D eigenvalue weighted by Crippen LogP contribution is -2.15. The molecule has 2 aromatic rings. The van der Waals surface area contributed by atoms with E-state index >= 15 is 0 Å². The van der Waals surface area contributed by atoms with Gasteiger partial charge in [-0.25, -0.2) is 15.8 Å². The highest BCUT2D eigenvalue weighted by Gasteiger charge is 2.13. The van der Waals surface area contributed by atoms with Crippen molar-refractivity contribution in [1.82, 2.24) is 9.97 Å². The molecular weight excluding hydrogens is 306 g/mol. The van der Waals surface area contributed by atoms with Crippen molar-refractivity contribution < 1.29 is 0 Å². The van der Waals surface area contributed by atoms with Crippen molar-refractivity contribution in [3.63, 3.8) is 0 Å². The molecule has 19 heavy (non-hydrogen) atoms. The van der Waals surface area contributed by atoms with Crippen LogP contribution in [0, 0.1) is 13.8 Å². The third-order valence-electron chi connectivity index (χ3n) is 2.82. The molecule has 0 radical (unpaired) electrons. The van der Waals surface area contributed by atoms with Crippen LogP contribution in [0.1, 0.15) is 11.1 Å². The van der Waals surface area contributed by atoms with Crippen LogP contribution in [-0.4, -0.2) is 17.0 Å². The topological polar surface area (TPSA) is 67.1 Å². The van der Waals surface area contributed by atoms with Gasteiger partial charge in [-0.3, -0.25) is 0 Å². The van der Waals surface area contributed by atoms with E-state index in [1.54, 1.807) is 0 Å². The molecule has 0 aliphatic heterocycles. The van der Waals surface area contributed by atoms with Crippen LogP contribution in [0.2, 0.25) is 0 Å². The van der Waals surface area contributed by atoms with Gasteiger partial charge in [0, 0.05) is 12.7 Å². The van der Waals surface area contributed by atoms with Crippen LogP contribution < -0.4 is 16.2 Å². The summed E-state index contributed by atoms with van der Waals surface area (Å²) in [4.78, 5) is 10.3. The number of anilines is 3. The average molecular weight is 322 g/mol. The van der Waals surface area contributed by atoms with E-state index in [9.17, 15) is 0 Å². The largest absolute Gasteiger partial charge is 0.328 e. The van der Waals surface area contributed by atoms with Crippen LogP contribution in [0.3, 0.4) is 0 Å². The molecule has 0 spiro atoms. The highest BCUT2D eigenvalue weighted by atomic mass is 79.9. The summed E-state index contributed by atoms with van der Waals surface area (Å²) in [5.41, 5.74) is 6.03. The standard InChI is InChI=1S/C13H16BrN5/c1-8-4-9(2)6-10(5-8)19(3)13-11(14)12(18-15)16-7-17-13/h4-7H,15H2,1-3H3,(H,16,17,18). The molecule has 0 fully saturated rings. The highest BCUT2D eigenvalue weighted by Crippen LogP contribution is 2.32. The van der Waals surface area contributed by atoms with Crippen LogP contribution in [0.25, 0.3) is 0 Å². The number of rotatable bonds is 3. The van der Waals surface area contributed by atoms with Crippen molar-refractivity contribution >= 4 is 33.3 Å². The molecule has 1 aromatic carbocycles. The van der Waals surface area contributed by atoms with Crippen molar-refractivity contribution in [3.8, 4) is 0 Å². The van der Waals surface area contributed by atoms with Crippen LogP contribution in [0.5, 0.6) is 0 Å². The third kappa shape index (κ3) is 2.85. The second-order valence-corrected chi connectivity index (χ2v) is 5.20. The zero-order valence-electron chi connectivity index (χ0n) is 11.1. The lowest BCUT2D eigenvalue weighted by molar-refractivity contribution is 1.05. The molecule has 5 nitrogen and oxygen atoms in total. The van der Waals surface area contributed by atoms with Gasteiger partial charge >= 0.3 is 0 Å². The Morgan fingerprint density at radius 1 is 1.16 bits per heavy atom. The Kier molecular flexibility index (Phi) is 4.01. The molecule has 0 aliphatic carbocycles. The first-order valence-corrected chi connectivity index (χ1v) is 6.61. The van der Waals surface area contributed by atoms with Crippen LogP contribution >= 0.6 is 15.9 Å². The van der Waals surface area contributed by atoms with Gasteiger partial charge in [0.05, 0.1) is 0 Å². The number of hydrogen-bond acceptors (Lipinski definition) is 5. The molecule has 0 amide bonds. The van der Waals surface area contributed by atoms with Crippen molar-refractivity contribution in [2.24, 2.45) is 5.84 Å². The summed E-state index contributed by atoms with van der Waals surface area (Å²) in [5.74, 6) is 6.73. The Morgan fingerprint density at radius 3 is 2.37 bits per heavy atom. The maximum Gasteiger partial charge on any atom is 0.159 e. The lowest BCUT2D eigenvalue weighted by Gasteiger charge is -2.21. The number of benzene rings is 1. The number of aryl methyl sites for hydroxylation is 2. The minimum Gasteiger partial charge on any atom is -0.328 e. The number of hydrazine groups is 1. The van der Waals surface area contributed by atoms with Crippen LogP contribution in [0.15, 0.2) is 29.0 Å². The predicted octanol–water partition coefficient (Wildman–Crippen LogP) is 2.91. The molecule has 3 N–H and O–H groups in total. The minimum atomic E-state index is 0.557. The van der Waals surface area contributed by atoms with Crippen molar-refractivity contribution in [2.45, 2.75) is 13.8 Å². The van der Waals surface area contributed by atoms with Crippen molar-refractivity contribution in [3.05, 3.63) is 40.1 Å². The summed E-state index contributed by atoms with van der Waals surface area (Å²) >= 11 is 3.47. The zero-order chi connectivity index (χ0) is 14.0. The van der Waals surface area contributed by atoms with Crippen molar-refractivity contribution in [2.75, 3.05) is 17.4 Å². The van der Waals surface area contributed by atoms with E-state index in [0.717, 1.165) is 16.0 Å². The first-order valence-electron chi connectivity index (χ1n) is 5.82. The smallest absolute Gasteiger partial charge is 0.159 e. The molecule has 100 valence electrons. The number of nitrogen functional groups attached to an aromatic ring is 1. The van der Waals surface area contributed by atoms with Crippen molar-refractivity contribution in [1.29, 1.82) is 0 Å². The molecule has 0 atom stereocenters. The van der Waals surface area contributed by atoms with Gasteiger partial charge in [0.25, 0.3) is 0 Å². The SMILES string of the molecule is Cc1cc(C)cc(N(C)c2ncnc(NN)c2Br)c1. The highest BCUT2D eigenvalue weighted by molar-refractivity contribution is 9.10. The second-order valence-electron chi connectivity index (χ2n) is 4.41. The number of hydrogen-bond donors (Lipinski definition) is 2. The van der Waals surface area contributed by atoms with E-state index in [4.69, 9.17) is 5.84 Å². The van der Waals surface area contributed by atoms with Crippen LogP contribution in [0.4, 0.5) is 17.3 Å². The first kappa shape index (κ1) is 13.8. The van der Waals surface area contributed by atoms with Gasteiger partial charge in [-0.05, 0) is 53.0 Å². The van der Waals surface area contributed by atoms with Gasteiger partial charge in [-0.1, -0.05) is 6.07 Å². The quantitative estimate of drug-likeness (QED) is 0.672. The van der Waals surface area contributed by atoms with E-state index in [1.165, 1.54) is 17.5 Å². The molecule has 6 heteroatoms. The van der Waals surface area contributed by atoms with E-state index in [2.05, 4.69) is 63.4 Å². The fraction of sp³-hybridized carbons (Fsp3) is 0.231. The molecular formula is C13H16BrN5. The van der Waals surface area contributed by atoms with Gasteiger partial charge in [-0.2, -0.15) is 0 Å². The molecule has 2 rings (SSSR count). The minimum absolute atomic E-state index is 0.557. The molecule has 0 unspecified atom stereocenters. The predicted molar refractivity (Wildman–Crippen MR) is 81.5 cm³/mol. The lowest BCUT2D eigenvalue weighted by atomic mass is 10.1. The molecule has 1 aromatic heterocycles. The summed E-state index contributed by atoms with van der Waals surface area (Å²) in [6.07, 6.45) is 1.48. The van der Waals surface area contributed by atoms with Gasteiger partial charge in [0.1, 0.15) is 10.8 Å². The number of nitrogens with two attached hydrogens (primary N) is 1. The van der Waals surface area contributed by atoms with Gasteiger partial charge in [-0.15, -0.1) is 0 Å². The Hall–Kier alpha value is -1.66. The van der Waals surface area contributed by atoms with Gasteiger partial charge in [0.15, 0.2) is 11.6 Å². The Bertz CT molecular complexity index is 579. The average Bonchev–Trinajstić information content (AvgIpc) is 2.37. The summed E-state index contributed by atoms with van der Waals surface area (Å²) in [5, 5.41) is 0. The normalized spacial score (nSPS) is 10.4. The van der Waals surface area contributed by atoms with E-state index in [0.29, 0.717) is 5.82 Å². The molecule has 0 aliphatic rings. The Morgan fingerprint density at radius 2 is 1.79 bits per heavy atom. The van der Waals surface area contributed by atoms with Gasteiger partial charge < -0.3 is 10.3 Å². The zero-order valence-corrected chi connectivity index (χ0v) is 12.7. The second kappa shape index (κ2) is 5.54. The molecule has 1 heterocycles. The van der Waals surface area contributed by atoms with Crippen LogP contribution in [-0.2, 0) is 0 Å². The molecule has 0 saturated heterocycles. The van der Waals surface area contributed by atoms with E-state index < -0.39 is 0 Å².